The third-order valence-electron chi connectivity index (χ3n) is 3.36. The third-order valence-corrected chi connectivity index (χ3v) is 5.64. The molecule has 0 saturated heterocycles. The van der Waals surface area contributed by atoms with Crippen molar-refractivity contribution in [2.75, 3.05) is 6.54 Å². The summed E-state index contributed by atoms with van der Waals surface area (Å²) >= 11 is 1.58. The molecule has 0 unspecified atom stereocenters. The first-order valence-corrected chi connectivity index (χ1v) is 9.24. The van der Waals surface area contributed by atoms with Gasteiger partial charge in [0.1, 0.15) is 0 Å². The SMILES string of the molecule is CCNCc1cc(S(=O)(=O)NCc2cscc2C)cn1C. The molecule has 2 aromatic rings. The van der Waals surface area contributed by atoms with Gasteiger partial charge < -0.3 is 9.88 Å². The third kappa shape index (κ3) is 3.94. The molecule has 21 heavy (non-hydrogen) atoms. The number of nitrogens with one attached hydrogen (secondary N) is 2. The van der Waals surface area contributed by atoms with Gasteiger partial charge in [0.15, 0.2) is 0 Å². The lowest BCUT2D eigenvalue weighted by atomic mass is 10.2. The Bertz CT molecular complexity index is 702. The molecule has 116 valence electrons. The number of hydrogen-bond acceptors (Lipinski definition) is 4. The van der Waals surface area contributed by atoms with Crippen molar-refractivity contribution in [3.8, 4) is 0 Å². The fraction of sp³-hybridized carbons (Fsp3) is 0.429. The molecule has 0 aliphatic rings. The molecule has 0 radical (unpaired) electrons. The Morgan fingerprint density at radius 3 is 2.67 bits per heavy atom. The van der Waals surface area contributed by atoms with Crippen LogP contribution in [0.5, 0.6) is 0 Å². The van der Waals surface area contributed by atoms with Gasteiger partial charge in [-0.15, -0.1) is 0 Å². The first-order valence-electron chi connectivity index (χ1n) is 6.81. The Balaban J connectivity index is 2.10. The van der Waals surface area contributed by atoms with E-state index in [4.69, 9.17) is 0 Å². The highest BCUT2D eigenvalue weighted by Gasteiger charge is 2.17. The summed E-state index contributed by atoms with van der Waals surface area (Å²) in [5, 5.41) is 7.18. The number of aryl methyl sites for hydroxylation is 2. The summed E-state index contributed by atoms with van der Waals surface area (Å²) in [7, 11) is -1.62. The molecule has 0 aromatic carbocycles. The van der Waals surface area contributed by atoms with E-state index in [-0.39, 0.29) is 0 Å². The Morgan fingerprint density at radius 1 is 1.29 bits per heavy atom. The Morgan fingerprint density at radius 2 is 2.05 bits per heavy atom. The molecule has 0 fully saturated rings. The van der Waals surface area contributed by atoms with Gasteiger partial charge in [-0.3, -0.25) is 0 Å². The van der Waals surface area contributed by atoms with Crippen molar-refractivity contribution in [1.29, 1.82) is 0 Å². The lowest BCUT2D eigenvalue weighted by Crippen LogP contribution is -2.23. The van der Waals surface area contributed by atoms with Gasteiger partial charge in [0.25, 0.3) is 0 Å². The van der Waals surface area contributed by atoms with Crippen LogP contribution >= 0.6 is 11.3 Å². The molecule has 2 rings (SSSR count). The van der Waals surface area contributed by atoms with Crippen molar-refractivity contribution in [2.45, 2.75) is 31.8 Å². The van der Waals surface area contributed by atoms with E-state index >= 15 is 0 Å². The minimum Gasteiger partial charge on any atom is -0.352 e. The number of sulfonamides is 1. The highest BCUT2D eigenvalue weighted by Crippen LogP contribution is 2.16. The van der Waals surface area contributed by atoms with E-state index in [1.165, 1.54) is 0 Å². The molecule has 0 aliphatic carbocycles. The molecule has 0 atom stereocenters. The fourth-order valence-electron chi connectivity index (χ4n) is 1.98. The summed E-state index contributed by atoms with van der Waals surface area (Å²) < 4.78 is 29.2. The van der Waals surface area contributed by atoms with E-state index in [2.05, 4.69) is 10.0 Å². The minimum absolute atomic E-state index is 0.311. The molecule has 0 amide bonds. The van der Waals surface area contributed by atoms with Gasteiger partial charge in [0.05, 0.1) is 4.90 Å². The van der Waals surface area contributed by atoms with Crippen LogP contribution in [0.4, 0.5) is 0 Å². The number of nitrogens with zero attached hydrogens (tertiary/aromatic N) is 1. The van der Waals surface area contributed by atoms with Gasteiger partial charge >= 0.3 is 0 Å². The zero-order valence-corrected chi connectivity index (χ0v) is 14.1. The molecule has 0 bridgehead atoms. The van der Waals surface area contributed by atoms with Crippen molar-refractivity contribution in [3.63, 3.8) is 0 Å². The maximum atomic E-state index is 12.3. The molecular formula is C14H21N3O2S2. The van der Waals surface area contributed by atoms with Gasteiger partial charge in [-0.2, -0.15) is 11.3 Å². The van der Waals surface area contributed by atoms with Crippen LogP contribution in [0, 0.1) is 6.92 Å². The first-order chi connectivity index (χ1) is 9.94. The monoisotopic (exact) mass is 327 g/mol. The van der Waals surface area contributed by atoms with Crippen molar-refractivity contribution < 1.29 is 8.42 Å². The molecule has 0 spiro atoms. The summed E-state index contributed by atoms with van der Waals surface area (Å²) in [4.78, 5) is 0.311. The van der Waals surface area contributed by atoms with Crippen molar-refractivity contribution in [1.82, 2.24) is 14.6 Å². The van der Waals surface area contributed by atoms with E-state index in [1.807, 2.05) is 36.2 Å². The van der Waals surface area contributed by atoms with Gasteiger partial charge in [-0.25, -0.2) is 13.1 Å². The minimum atomic E-state index is -3.47. The van der Waals surface area contributed by atoms with Crippen LogP contribution in [-0.2, 0) is 30.2 Å². The smallest absolute Gasteiger partial charge is 0.242 e. The van der Waals surface area contributed by atoms with Crippen LogP contribution in [0.15, 0.2) is 27.9 Å². The van der Waals surface area contributed by atoms with Crippen LogP contribution in [0.2, 0.25) is 0 Å². The topological polar surface area (TPSA) is 63.1 Å². The maximum absolute atomic E-state index is 12.3. The summed E-state index contributed by atoms with van der Waals surface area (Å²) in [5.41, 5.74) is 3.08. The van der Waals surface area contributed by atoms with Crippen LogP contribution in [0.3, 0.4) is 0 Å². The number of aromatic nitrogens is 1. The number of rotatable bonds is 7. The Kier molecular flexibility index (Phi) is 5.21. The summed E-state index contributed by atoms with van der Waals surface area (Å²) in [6.45, 7) is 5.84. The summed E-state index contributed by atoms with van der Waals surface area (Å²) in [6, 6.07) is 1.71. The van der Waals surface area contributed by atoms with Crippen molar-refractivity contribution in [3.05, 3.63) is 39.8 Å². The highest BCUT2D eigenvalue weighted by molar-refractivity contribution is 7.89. The largest absolute Gasteiger partial charge is 0.352 e. The number of thiophene rings is 1. The predicted octanol–water partition coefficient (Wildman–Crippen LogP) is 1.98. The predicted molar refractivity (Wildman–Crippen MR) is 85.9 cm³/mol. The first kappa shape index (κ1) is 16.2. The lowest BCUT2D eigenvalue weighted by molar-refractivity contribution is 0.581. The average molecular weight is 327 g/mol. The summed E-state index contributed by atoms with van der Waals surface area (Å²) in [5.74, 6) is 0. The second-order valence-electron chi connectivity index (χ2n) is 4.96. The molecular weight excluding hydrogens is 306 g/mol. The molecule has 2 N–H and O–H groups in total. The van der Waals surface area contributed by atoms with Gasteiger partial charge in [-0.05, 0) is 41.4 Å². The molecule has 5 nitrogen and oxygen atoms in total. The average Bonchev–Trinajstić information content (AvgIpc) is 3.01. The van der Waals surface area contributed by atoms with E-state index in [9.17, 15) is 8.42 Å². The zero-order valence-electron chi connectivity index (χ0n) is 12.5. The second kappa shape index (κ2) is 6.74. The molecule has 2 heterocycles. The van der Waals surface area contributed by atoms with Crippen molar-refractivity contribution in [2.24, 2.45) is 7.05 Å². The van der Waals surface area contributed by atoms with E-state index < -0.39 is 10.0 Å². The molecule has 0 aliphatic heterocycles. The van der Waals surface area contributed by atoms with Crippen LogP contribution in [-0.4, -0.2) is 19.5 Å². The lowest BCUT2D eigenvalue weighted by Gasteiger charge is -2.04. The quantitative estimate of drug-likeness (QED) is 0.817. The maximum Gasteiger partial charge on any atom is 0.242 e. The second-order valence-corrected chi connectivity index (χ2v) is 7.47. The normalized spacial score (nSPS) is 12.0. The number of hydrogen-bond donors (Lipinski definition) is 2. The fourth-order valence-corrected chi connectivity index (χ4v) is 3.93. The molecule has 0 saturated carbocycles. The molecule has 7 heteroatoms. The Hall–Kier alpha value is -1.15. The van der Waals surface area contributed by atoms with E-state index in [0.717, 1.165) is 23.4 Å². The van der Waals surface area contributed by atoms with Gasteiger partial charge in [0, 0.05) is 32.0 Å². The van der Waals surface area contributed by atoms with Crippen molar-refractivity contribution >= 4 is 21.4 Å². The van der Waals surface area contributed by atoms with E-state index in [1.54, 1.807) is 23.6 Å². The van der Waals surface area contributed by atoms with E-state index in [0.29, 0.717) is 18.0 Å². The van der Waals surface area contributed by atoms with Crippen LogP contribution in [0.25, 0.3) is 0 Å². The van der Waals surface area contributed by atoms with Crippen LogP contribution < -0.4 is 10.0 Å². The van der Waals surface area contributed by atoms with Gasteiger partial charge in [0.2, 0.25) is 10.0 Å². The summed E-state index contributed by atoms with van der Waals surface area (Å²) in [6.07, 6.45) is 1.65. The highest BCUT2D eigenvalue weighted by atomic mass is 32.2. The van der Waals surface area contributed by atoms with Gasteiger partial charge in [-0.1, -0.05) is 6.92 Å². The zero-order chi connectivity index (χ0) is 15.5. The Labute approximate surface area is 130 Å². The molecule has 2 aromatic heterocycles. The standard InChI is InChI=1S/C14H21N3O2S2/c1-4-15-7-13-5-14(8-17(13)3)21(18,19)16-6-12-10-20-9-11(12)2/h5,8-10,15-16H,4,6-7H2,1-3H3. The van der Waals surface area contributed by atoms with Crippen LogP contribution in [0.1, 0.15) is 23.7 Å².